The Morgan fingerprint density at radius 1 is 0.882 bits per heavy atom. The first kappa shape index (κ1) is 17.9. The summed E-state index contributed by atoms with van der Waals surface area (Å²) in [6, 6.07) is 0. The number of hydrogen-bond acceptors (Lipinski definition) is 0. The molecule has 0 heterocycles. The average molecular weight is 273 g/mol. The SMILES string of the molecule is [B]C(PC)[P+](CCCC)(CCCC)CCCC. The second-order valence-corrected chi connectivity index (χ2v) is 11.2. The van der Waals surface area contributed by atoms with Crippen molar-refractivity contribution in [3.63, 3.8) is 0 Å². The van der Waals surface area contributed by atoms with Crippen LogP contribution in [-0.4, -0.2) is 38.3 Å². The van der Waals surface area contributed by atoms with Gasteiger partial charge >= 0.3 is 0 Å². The van der Waals surface area contributed by atoms with Crippen LogP contribution < -0.4 is 0 Å². The molecule has 0 saturated carbocycles. The zero-order valence-electron chi connectivity index (χ0n) is 12.5. The van der Waals surface area contributed by atoms with Crippen LogP contribution in [0.15, 0.2) is 0 Å². The van der Waals surface area contributed by atoms with Gasteiger partial charge in [0, 0.05) is 12.6 Å². The molecule has 0 aromatic rings. The highest BCUT2D eigenvalue weighted by Gasteiger charge is 2.39. The van der Waals surface area contributed by atoms with Gasteiger partial charge in [0.15, 0.2) is 0 Å². The number of unbranched alkanes of at least 4 members (excludes halogenated alkanes) is 3. The van der Waals surface area contributed by atoms with E-state index in [9.17, 15) is 0 Å². The lowest BCUT2D eigenvalue weighted by Gasteiger charge is -2.33. The summed E-state index contributed by atoms with van der Waals surface area (Å²) in [5.74, 6) is 0. The Morgan fingerprint density at radius 3 is 1.47 bits per heavy atom. The number of rotatable bonds is 11. The Kier molecular flexibility index (Phi) is 11.4. The summed E-state index contributed by atoms with van der Waals surface area (Å²) in [6.07, 6.45) is 12.6. The van der Waals surface area contributed by atoms with Crippen LogP contribution in [0, 0.1) is 0 Å². The van der Waals surface area contributed by atoms with E-state index in [0.717, 1.165) is 8.58 Å². The first-order chi connectivity index (χ1) is 8.16. The fraction of sp³-hybridized carbons (Fsp3) is 1.00. The first-order valence-electron chi connectivity index (χ1n) is 7.45. The van der Waals surface area contributed by atoms with Crippen molar-refractivity contribution in [2.75, 3.05) is 25.2 Å². The van der Waals surface area contributed by atoms with Crippen LogP contribution in [-0.2, 0) is 0 Å². The van der Waals surface area contributed by atoms with Gasteiger partial charge in [0.25, 0.3) is 0 Å². The van der Waals surface area contributed by atoms with Crippen molar-refractivity contribution in [1.29, 1.82) is 0 Å². The molecule has 0 fully saturated rings. The smallest absolute Gasteiger partial charge is 0.0927 e. The predicted octanol–water partition coefficient (Wildman–Crippen LogP) is 5.16. The molecule has 100 valence electrons. The number of hydrogen-bond donors (Lipinski definition) is 0. The summed E-state index contributed by atoms with van der Waals surface area (Å²) in [6.45, 7) is 9.25. The van der Waals surface area contributed by atoms with E-state index >= 15 is 0 Å². The Bertz CT molecular complexity index is 152. The third-order valence-corrected chi connectivity index (χ3v) is 11.6. The molecule has 0 saturated heterocycles. The Hall–Kier alpha value is 0.925. The maximum Gasteiger partial charge on any atom is 0.133 e. The van der Waals surface area contributed by atoms with Crippen molar-refractivity contribution in [1.82, 2.24) is 0 Å². The van der Waals surface area contributed by atoms with Gasteiger partial charge in [-0.05, 0) is 25.9 Å². The summed E-state index contributed by atoms with van der Waals surface area (Å²) in [5.41, 5.74) is 0. The van der Waals surface area contributed by atoms with Crippen LogP contribution in [0.25, 0.3) is 0 Å². The molecule has 0 aliphatic rings. The third kappa shape index (κ3) is 6.59. The van der Waals surface area contributed by atoms with E-state index in [1.54, 1.807) is 0 Å². The summed E-state index contributed by atoms with van der Waals surface area (Å²) in [4.78, 5) is 0. The average Bonchev–Trinajstić information content (AvgIpc) is 2.37. The van der Waals surface area contributed by atoms with Gasteiger partial charge in [0.05, 0.1) is 18.5 Å². The van der Waals surface area contributed by atoms with Gasteiger partial charge in [-0.15, -0.1) is 0 Å². The minimum absolute atomic E-state index is 0.548. The highest BCUT2D eigenvalue weighted by atomic mass is 31.2. The van der Waals surface area contributed by atoms with Crippen molar-refractivity contribution >= 4 is 23.7 Å². The molecule has 0 spiro atoms. The van der Waals surface area contributed by atoms with E-state index in [1.807, 2.05) is 0 Å². The van der Waals surface area contributed by atoms with E-state index in [2.05, 4.69) is 27.4 Å². The molecular formula is C14H32BP2+. The Balaban J connectivity index is 4.63. The van der Waals surface area contributed by atoms with Crippen molar-refractivity contribution in [3.8, 4) is 0 Å². The van der Waals surface area contributed by atoms with Gasteiger partial charge in [-0.25, -0.2) is 0 Å². The van der Waals surface area contributed by atoms with Crippen LogP contribution in [0.2, 0.25) is 0 Å². The fourth-order valence-corrected chi connectivity index (χ4v) is 10.1. The predicted molar refractivity (Wildman–Crippen MR) is 90.0 cm³/mol. The van der Waals surface area contributed by atoms with E-state index < -0.39 is 7.26 Å². The normalized spacial score (nSPS) is 14.6. The van der Waals surface area contributed by atoms with Gasteiger partial charge in [0.2, 0.25) is 0 Å². The molecule has 2 atom stereocenters. The summed E-state index contributed by atoms with van der Waals surface area (Å²) >= 11 is 0. The van der Waals surface area contributed by atoms with Gasteiger partial charge in [-0.3, -0.25) is 0 Å². The molecule has 0 aliphatic heterocycles. The van der Waals surface area contributed by atoms with Crippen molar-refractivity contribution in [3.05, 3.63) is 0 Å². The van der Waals surface area contributed by atoms with Crippen LogP contribution in [0.5, 0.6) is 0 Å². The minimum Gasteiger partial charge on any atom is -0.0927 e. The van der Waals surface area contributed by atoms with Crippen LogP contribution in [0.4, 0.5) is 0 Å². The van der Waals surface area contributed by atoms with Gasteiger partial charge in [-0.1, -0.05) is 48.6 Å². The van der Waals surface area contributed by atoms with E-state index in [-0.39, 0.29) is 0 Å². The summed E-state index contributed by atoms with van der Waals surface area (Å²) < 4.78 is 0. The largest absolute Gasteiger partial charge is 0.133 e. The lowest BCUT2D eigenvalue weighted by atomic mass is 10.2. The summed E-state index contributed by atoms with van der Waals surface area (Å²) in [5, 5.41) is 0.548. The molecular weight excluding hydrogens is 241 g/mol. The summed E-state index contributed by atoms with van der Waals surface area (Å²) in [7, 11) is 6.63. The molecule has 0 aromatic heterocycles. The van der Waals surface area contributed by atoms with Crippen molar-refractivity contribution in [2.24, 2.45) is 0 Å². The highest BCUT2D eigenvalue weighted by Crippen LogP contribution is 2.67. The molecule has 0 bridgehead atoms. The lowest BCUT2D eigenvalue weighted by Crippen LogP contribution is -2.19. The van der Waals surface area contributed by atoms with Crippen LogP contribution in [0.1, 0.15) is 59.3 Å². The topological polar surface area (TPSA) is 0 Å². The molecule has 0 nitrogen and oxygen atoms in total. The fourth-order valence-electron chi connectivity index (χ4n) is 2.45. The maximum atomic E-state index is 6.54. The molecule has 0 amide bonds. The monoisotopic (exact) mass is 273 g/mol. The van der Waals surface area contributed by atoms with Gasteiger partial charge in [0.1, 0.15) is 7.85 Å². The molecule has 0 aliphatic carbocycles. The zero-order valence-corrected chi connectivity index (χ0v) is 14.4. The zero-order chi connectivity index (χ0) is 13.1. The quantitative estimate of drug-likeness (QED) is 0.360. The molecule has 0 N–H and O–H groups in total. The second-order valence-electron chi connectivity index (χ2n) is 5.18. The third-order valence-electron chi connectivity index (χ3n) is 3.76. The van der Waals surface area contributed by atoms with Crippen LogP contribution >= 0.6 is 15.8 Å². The maximum absolute atomic E-state index is 6.54. The van der Waals surface area contributed by atoms with Gasteiger partial charge in [-0.2, -0.15) is 0 Å². The second kappa shape index (κ2) is 10.8. The molecule has 0 rings (SSSR count). The van der Waals surface area contributed by atoms with Crippen LogP contribution in [0.3, 0.4) is 0 Å². The molecule has 0 aromatic carbocycles. The lowest BCUT2D eigenvalue weighted by molar-refractivity contribution is 0.836. The molecule has 2 radical (unpaired) electrons. The molecule has 3 heteroatoms. The molecule has 2 unspecified atom stereocenters. The Morgan fingerprint density at radius 2 is 1.24 bits per heavy atom. The van der Waals surface area contributed by atoms with E-state index in [1.165, 1.54) is 57.0 Å². The van der Waals surface area contributed by atoms with Gasteiger partial charge < -0.3 is 0 Å². The first-order valence-corrected chi connectivity index (χ1v) is 11.4. The standard InChI is InChI=1S/C14H32BP2/c1-5-8-11-17(12-9-6-2,13-10-7-3)14(15)16-4/h14,16H,5-13H2,1-4H3/q+1. The van der Waals surface area contributed by atoms with Crippen molar-refractivity contribution < 1.29 is 0 Å². The van der Waals surface area contributed by atoms with E-state index in [4.69, 9.17) is 7.85 Å². The highest BCUT2D eigenvalue weighted by molar-refractivity contribution is 7.84. The Labute approximate surface area is 114 Å². The van der Waals surface area contributed by atoms with Crippen molar-refractivity contribution in [2.45, 2.75) is 64.6 Å². The molecule has 17 heavy (non-hydrogen) atoms. The minimum atomic E-state index is -0.847. The van der Waals surface area contributed by atoms with E-state index in [0.29, 0.717) is 5.30 Å².